The third kappa shape index (κ3) is 4.63. The largest absolute Gasteiger partial charge is 0.388 e. The summed E-state index contributed by atoms with van der Waals surface area (Å²) in [4.78, 5) is 2.46. The highest BCUT2D eigenvalue weighted by Crippen LogP contribution is 2.52. The molecule has 2 unspecified atom stereocenters. The molecule has 3 aliphatic carbocycles. The van der Waals surface area contributed by atoms with Gasteiger partial charge in [0.15, 0.2) is 0 Å². The second-order valence-electron chi connectivity index (χ2n) is 9.89. The standard InChI is InChI=1S/C17H21NO.C9H11NO2S/c1-2-14-15-9-18(10-16(14)15)11-17(19)7-12-5-3-4-6-13(12)8-17;11-13(12,9-6-7-9)10-8-4-2-1-3-5-8/h2-6,14-16,19H,1,7-11H2;1-5,9-10H,6-7H2. The Kier molecular flexibility index (Phi) is 5.64. The van der Waals surface area contributed by atoms with Crippen LogP contribution in [0.1, 0.15) is 24.0 Å². The monoisotopic (exact) mass is 452 g/mol. The van der Waals surface area contributed by atoms with Crippen molar-refractivity contribution in [1.82, 2.24) is 4.90 Å². The number of aliphatic hydroxyl groups is 1. The quantitative estimate of drug-likeness (QED) is 0.659. The van der Waals surface area contributed by atoms with Crippen molar-refractivity contribution < 1.29 is 13.5 Å². The van der Waals surface area contributed by atoms with Gasteiger partial charge in [-0.3, -0.25) is 9.62 Å². The van der Waals surface area contributed by atoms with Gasteiger partial charge in [0.05, 0.1) is 10.9 Å². The van der Waals surface area contributed by atoms with E-state index in [1.807, 2.05) is 18.2 Å². The Labute approximate surface area is 191 Å². The molecule has 2 aromatic rings. The molecular weight excluding hydrogens is 420 g/mol. The van der Waals surface area contributed by atoms with Gasteiger partial charge in [-0.1, -0.05) is 48.5 Å². The lowest BCUT2D eigenvalue weighted by molar-refractivity contribution is 0.0151. The Morgan fingerprint density at radius 1 is 1.00 bits per heavy atom. The Morgan fingerprint density at radius 2 is 1.56 bits per heavy atom. The van der Waals surface area contributed by atoms with Crippen LogP contribution in [0.4, 0.5) is 5.69 Å². The maximum absolute atomic E-state index is 11.5. The second-order valence-corrected chi connectivity index (χ2v) is 11.9. The molecule has 4 aliphatic rings. The number of hydrogen-bond donors (Lipinski definition) is 2. The number of allylic oxidation sites excluding steroid dienone is 1. The molecule has 0 radical (unpaired) electrons. The molecule has 1 heterocycles. The summed E-state index contributed by atoms with van der Waals surface area (Å²) in [5, 5.41) is 10.7. The number of likely N-dealkylation sites (tertiary alicyclic amines) is 1. The number of piperidine rings is 1. The molecule has 0 amide bonds. The molecule has 1 aliphatic heterocycles. The fourth-order valence-corrected chi connectivity index (χ4v) is 6.86. The van der Waals surface area contributed by atoms with Gasteiger partial charge in [-0.25, -0.2) is 8.42 Å². The molecule has 2 saturated carbocycles. The number of hydrogen-bond acceptors (Lipinski definition) is 4. The first kappa shape index (κ1) is 21.7. The molecule has 5 nitrogen and oxygen atoms in total. The first-order chi connectivity index (χ1) is 15.4. The predicted molar refractivity (Wildman–Crippen MR) is 128 cm³/mol. The van der Waals surface area contributed by atoms with Crippen molar-refractivity contribution in [3.05, 3.63) is 78.4 Å². The second kappa shape index (κ2) is 8.32. The average molecular weight is 453 g/mol. The van der Waals surface area contributed by atoms with Gasteiger partial charge in [-0.05, 0) is 53.9 Å². The molecule has 170 valence electrons. The van der Waals surface area contributed by atoms with Gasteiger partial charge < -0.3 is 5.11 Å². The molecule has 2 N–H and O–H groups in total. The first-order valence-corrected chi connectivity index (χ1v) is 13.1. The van der Waals surface area contributed by atoms with Crippen molar-refractivity contribution in [3.63, 3.8) is 0 Å². The highest BCUT2D eigenvalue weighted by molar-refractivity contribution is 7.93. The maximum Gasteiger partial charge on any atom is 0.235 e. The molecule has 0 bridgehead atoms. The van der Waals surface area contributed by atoms with Crippen LogP contribution in [0, 0.1) is 17.8 Å². The van der Waals surface area contributed by atoms with Crippen LogP contribution in [0.2, 0.25) is 0 Å². The van der Waals surface area contributed by atoms with Crippen LogP contribution in [0.3, 0.4) is 0 Å². The van der Waals surface area contributed by atoms with E-state index in [0.717, 1.165) is 63.1 Å². The molecule has 6 rings (SSSR count). The maximum atomic E-state index is 11.5. The Morgan fingerprint density at radius 3 is 2.09 bits per heavy atom. The van der Waals surface area contributed by atoms with Crippen molar-refractivity contribution in [2.24, 2.45) is 17.8 Å². The number of rotatable bonds is 6. The summed E-state index contributed by atoms with van der Waals surface area (Å²) in [6.07, 6.45) is 5.34. The number of nitrogens with zero attached hydrogens (tertiary/aromatic N) is 1. The lowest BCUT2D eigenvalue weighted by Crippen LogP contribution is -2.44. The number of fused-ring (bicyclic) bond motifs is 2. The minimum Gasteiger partial charge on any atom is -0.388 e. The zero-order valence-corrected chi connectivity index (χ0v) is 19.2. The lowest BCUT2D eigenvalue weighted by atomic mass is 9.99. The van der Waals surface area contributed by atoms with Gasteiger partial charge in [0.25, 0.3) is 0 Å². The van der Waals surface area contributed by atoms with Crippen LogP contribution in [0.5, 0.6) is 0 Å². The Balaban J connectivity index is 0.000000146. The Bertz CT molecular complexity index is 1040. The first-order valence-electron chi connectivity index (χ1n) is 11.6. The van der Waals surface area contributed by atoms with Crippen LogP contribution in [-0.2, 0) is 22.9 Å². The minimum atomic E-state index is -3.09. The van der Waals surface area contributed by atoms with Crippen molar-refractivity contribution in [1.29, 1.82) is 0 Å². The predicted octanol–water partition coefficient (Wildman–Crippen LogP) is 3.47. The summed E-state index contributed by atoms with van der Waals surface area (Å²) in [5.74, 6) is 2.40. The molecular formula is C26H32N2O3S. The summed E-state index contributed by atoms with van der Waals surface area (Å²) in [5.41, 5.74) is 2.77. The third-order valence-electron chi connectivity index (χ3n) is 7.28. The molecule has 6 heteroatoms. The fraction of sp³-hybridized carbons (Fsp3) is 0.462. The van der Waals surface area contributed by atoms with Crippen molar-refractivity contribution in [3.8, 4) is 0 Å². The van der Waals surface area contributed by atoms with E-state index in [-0.39, 0.29) is 5.25 Å². The zero-order chi connectivity index (χ0) is 22.3. The summed E-state index contributed by atoms with van der Waals surface area (Å²) in [6.45, 7) is 7.04. The van der Waals surface area contributed by atoms with E-state index < -0.39 is 15.6 Å². The molecule has 3 fully saturated rings. The van der Waals surface area contributed by atoms with Gasteiger partial charge in [-0.2, -0.15) is 0 Å². The van der Waals surface area contributed by atoms with Gasteiger partial charge in [0, 0.05) is 38.2 Å². The van der Waals surface area contributed by atoms with Gasteiger partial charge in [0.1, 0.15) is 0 Å². The van der Waals surface area contributed by atoms with E-state index in [0.29, 0.717) is 5.69 Å². The van der Waals surface area contributed by atoms with E-state index in [4.69, 9.17) is 0 Å². The van der Waals surface area contributed by atoms with E-state index in [1.165, 1.54) is 11.1 Å². The minimum absolute atomic E-state index is 0.160. The molecule has 2 aromatic carbocycles. The highest BCUT2D eigenvalue weighted by Gasteiger charge is 2.54. The van der Waals surface area contributed by atoms with Crippen molar-refractivity contribution in [2.75, 3.05) is 24.4 Å². The topological polar surface area (TPSA) is 69.6 Å². The van der Waals surface area contributed by atoms with Crippen LogP contribution < -0.4 is 4.72 Å². The summed E-state index contributed by atoms with van der Waals surface area (Å²) < 4.78 is 25.5. The number of sulfonamides is 1. The molecule has 1 saturated heterocycles. The molecule has 0 spiro atoms. The number of anilines is 1. The number of benzene rings is 2. The van der Waals surface area contributed by atoms with Crippen molar-refractivity contribution in [2.45, 2.75) is 36.5 Å². The molecule has 2 atom stereocenters. The van der Waals surface area contributed by atoms with E-state index >= 15 is 0 Å². The number of nitrogens with one attached hydrogen (secondary N) is 1. The fourth-order valence-electron chi connectivity index (χ4n) is 5.47. The van der Waals surface area contributed by atoms with Gasteiger partial charge in [-0.15, -0.1) is 6.58 Å². The smallest absolute Gasteiger partial charge is 0.235 e. The zero-order valence-electron chi connectivity index (χ0n) is 18.4. The highest BCUT2D eigenvalue weighted by atomic mass is 32.2. The van der Waals surface area contributed by atoms with E-state index in [1.54, 1.807) is 12.1 Å². The molecule has 0 aromatic heterocycles. The third-order valence-corrected chi connectivity index (χ3v) is 9.15. The molecule has 32 heavy (non-hydrogen) atoms. The lowest BCUT2D eigenvalue weighted by Gasteiger charge is -2.29. The van der Waals surface area contributed by atoms with E-state index in [2.05, 4.69) is 46.5 Å². The van der Waals surface area contributed by atoms with Crippen LogP contribution in [0.15, 0.2) is 67.3 Å². The van der Waals surface area contributed by atoms with Crippen LogP contribution >= 0.6 is 0 Å². The summed E-state index contributed by atoms with van der Waals surface area (Å²) >= 11 is 0. The van der Waals surface area contributed by atoms with E-state index in [9.17, 15) is 13.5 Å². The number of β-amino-alcohol motifs (C(OH)–C–C–N with tert-alkyl or cyclic N) is 1. The van der Waals surface area contributed by atoms with Crippen LogP contribution in [0.25, 0.3) is 0 Å². The average Bonchev–Trinajstić information content (AvgIpc) is 3.65. The number of para-hydroxylation sites is 1. The summed E-state index contributed by atoms with van der Waals surface area (Å²) in [6, 6.07) is 17.4. The Hall–Kier alpha value is -2.15. The van der Waals surface area contributed by atoms with Gasteiger partial charge >= 0.3 is 0 Å². The SMILES string of the molecule is C=CC1C2CN(CC3(O)Cc4ccccc4C3)CC12.O=S(=O)(Nc1ccccc1)C1CC1. The normalized spacial score (nSPS) is 27.6. The van der Waals surface area contributed by atoms with Gasteiger partial charge in [0.2, 0.25) is 10.0 Å². The van der Waals surface area contributed by atoms with Crippen LogP contribution in [-0.4, -0.2) is 48.9 Å². The summed E-state index contributed by atoms with van der Waals surface area (Å²) in [7, 11) is -3.09. The van der Waals surface area contributed by atoms with Crippen molar-refractivity contribution >= 4 is 15.7 Å².